The van der Waals surface area contributed by atoms with Crippen molar-refractivity contribution in [2.45, 2.75) is 44.9 Å². The van der Waals surface area contributed by atoms with Crippen molar-refractivity contribution in [2.24, 2.45) is 0 Å². The first-order valence-electron chi connectivity index (χ1n) is 9.78. The summed E-state index contributed by atoms with van der Waals surface area (Å²) in [4.78, 5) is 28.6. The van der Waals surface area contributed by atoms with E-state index in [4.69, 9.17) is 4.74 Å². The number of likely N-dealkylation sites (tertiary alicyclic amines) is 1. The number of benzene rings is 1. The number of ether oxygens (including phenoxy) is 1. The van der Waals surface area contributed by atoms with Crippen molar-refractivity contribution in [2.75, 3.05) is 38.0 Å². The van der Waals surface area contributed by atoms with Crippen LogP contribution in [-0.2, 0) is 9.53 Å². The fourth-order valence-corrected chi connectivity index (χ4v) is 3.84. The number of hydrogen-bond donors (Lipinski definition) is 2. The Morgan fingerprint density at radius 3 is 2.33 bits per heavy atom. The van der Waals surface area contributed by atoms with Gasteiger partial charge in [-0.15, -0.1) is 0 Å². The number of carbonyl (C=O) groups excluding carboxylic acids is 2. The molecule has 2 saturated heterocycles. The lowest BCUT2D eigenvalue weighted by atomic mass is 10.1. The molecular weight excluding hydrogens is 344 g/mol. The van der Waals surface area contributed by atoms with E-state index in [2.05, 4.69) is 15.5 Å². The van der Waals surface area contributed by atoms with Crippen LogP contribution in [0.4, 0.5) is 10.5 Å². The lowest BCUT2D eigenvalue weighted by molar-refractivity contribution is -0.126. The van der Waals surface area contributed by atoms with Crippen LogP contribution in [0.15, 0.2) is 30.3 Å². The summed E-state index contributed by atoms with van der Waals surface area (Å²) in [6.45, 7) is 7.36. The molecule has 2 fully saturated rings. The third-order valence-electron chi connectivity index (χ3n) is 5.03. The molecule has 2 aliphatic rings. The van der Waals surface area contributed by atoms with E-state index in [1.165, 1.54) is 0 Å². The van der Waals surface area contributed by atoms with Gasteiger partial charge in [-0.05, 0) is 38.8 Å². The molecule has 1 aromatic rings. The van der Waals surface area contributed by atoms with Crippen molar-refractivity contribution >= 4 is 17.6 Å². The predicted octanol–water partition coefficient (Wildman–Crippen LogP) is 1.91. The zero-order chi connectivity index (χ0) is 19.2. The highest BCUT2D eigenvalue weighted by molar-refractivity contribution is 5.89. The molecule has 0 spiro atoms. The fourth-order valence-electron chi connectivity index (χ4n) is 3.84. The highest BCUT2D eigenvalue weighted by Gasteiger charge is 2.26. The van der Waals surface area contributed by atoms with E-state index in [-0.39, 0.29) is 30.2 Å². The molecule has 3 amide bonds. The molecule has 0 aliphatic carbocycles. The van der Waals surface area contributed by atoms with Crippen LogP contribution in [0, 0.1) is 0 Å². The van der Waals surface area contributed by atoms with Gasteiger partial charge in [0.05, 0.1) is 18.8 Å². The Morgan fingerprint density at radius 2 is 1.70 bits per heavy atom. The molecule has 2 aliphatic heterocycles. The third kappa shape index (κ3) is 5.94. The predicted molar refractivity (Wildman–Crippen MR) is 105 cm³/mol. The molecule has 0 radical (unpaired) electrons. The zero-order valence-electron chi connectivity index (χ0n) is 16.2. The highest BCUT2D eigenvalue weighted by Crippen LogP contribution is 2.14. The van der Waals surface area contributed by atoms with Crippen molar-refractivity contribution in [1.29, 1.82) is 0 Å². The number of nitrogens with one attached hydrogen (secondary N) is 2. The molecule has 0 aromatic heterocycles. The molecule has 2 atom stereocenters. The monoisotopic (exact) mass is 374 g/mol. The van der Waals surface area contributed by atoms with Gasteiger partial charge in [0.25, 0.3) is 0 Å². The van der Waals surface area contributed by atoms with E-state index < -0.39 is 0 Å². The first-order chi connectivity index (χ1) is 13.0. The van der Waals surface area contributed by atoms with E-state index in [9.17, 15) is 9.59 Å². The summed E-state index contributed by atoms with van der Waals surface area (Å²) in [5.41, 5.74) is 0.798. The minimum absolute atomic E-state index is 0.0588. The second kappa shape index (κ2) is 9.19. The van der Waals surface area contributed by atoms with Gasteiger partial charge < -0.3 is 20.3 Å². The number of rotatable bonds is 4. The maximum absolute atomic E-state index is 12.4. The zero-order valence-corrected chi connectivity index (χ0v) is 16.2. The van der Waals surface area contributed by atoms with Crippen LogP contribution in [0.5, 0.6) is 0 Å². The van der Waals surface area contributed by atoms with Crippen LogP contribution in [0.1, 0.15) is 26.7 Å². The van der Waals surface area contributed by atoms with Gasteiger partial charge in [0.15, 0.2) is 0 Å². The van der Waals surface area contributed by atoms with Crippen LogP contribution in [-0.4, -0.2) is 72.7 Å². The van der Waals surface area contributed by atoms with E-state index in [1.807, 2.05) is 44.2 Å². The Morgan fingerprint density at radius 1 is 1.07 bits per heavy atom. The second-order valence-electron chi connectivity index (χ2n) is 7.58. The molecule has 0 bridgehead atoms. The SMILES string of the molecule is C[C@@H]1CN(CC(=O)NC2CCN(C(=O)Nc3ccccc3)CC2)C[C@H](C)O1. The number of carbonyl (C=O) groups is 2. The second-order valence-corrected chi connectivity index (χ2v) is 7.58. The number of anilines is 1. The van der Waals surface area contributed by atoms with Gasteiger partial charge in [-0.3, -0.25) is 9.69 Å². The summed E-state index contributed by atoms with van der Waals surface area (Å²) < 4.78 is 5.71. The van der Waals surface area contributed by atoms with Crippen molar-refractivity contribution in [1.82, 2.24) is 15.1 Å². The minimum atomic E-state index is -0.0812. The number of amides is 3. The molecule has 0 saturated carbocycles. The van der Waals surface area contributed by atoms with E-state index in [0.717, 1.165) is 31.6 Å². The molecule has 148 valence electrons. The van der Waals surface area contributed by atoms with Crippen molar-refractivity contribution < 1.29 is 14.3 Å². The summed E-state index contributed by atoms with van der Waals surface area (Å²) in [5, 5.41) is 6.04. The number of nitrogens with zero attached hydrogens (tertiary/aromatic N) is 2. The molecule has 2 N–H and O–H groups in total. The van der Waals surface area contributed by atoms with Crippen molar-refractivity contribution in [3.8, 4) is 0 Å². The van der Waals surface area contributed by atoms with Crippen LogP contribution >= 0.6 is 0 Å². The van der Waals surface area contributed by atoms with Crippen LogP contribution in [0.2, 0.25) is 0 Å². The maximum atomic E-state index is 12.4. The molecule has 7 nitrogen and oxygen atoms in total. The summed E-state index contributed by atoms with van der Waals surface area (Å²) in [6.07, 6.45) is 1.88. The Kier molecular flexibility index (Phi) is 6.68. The van der Waals surface area contributed by atoms with Gasteiger partial charge >= 0.3 is 6.03 Å². The van der Waals surface area contributed by atoms with E-state index >= 15 is 0 Å². The molecular formula is C20H30N4O3. The largest absolute Gasteiger partial charge is 0.373 e. The molecule has 3 rings (SSSR count). The van der Waals surface area contributed by atoms with Crippen molar-refractivity contribution in [3.05, 3.63) is 30.3 Å². The van der Waals surface area contributed by atoms with Crippen LogP contribution in [0.3, 0.4) is 0 Å². The average Bonchev–Trinajstić information content (AvgIpc) is 2.62. The smallest absolute Gasteiger partial charge is 0.321 e. The van der Waals surface area contributed by atoms with Gasteiger partial charge in [-0.2, -0.15) is 0 Å². The highest BCUT2D eigenvalue weighted by atomic mass is 16.5. The molecule has 2 heterocycles. The molecule has 0 unspecified atom stereocenters. The van der Waals surface area contributed by atoms with E-state index in [1.54, 1.807) is 4.90 Å². The number of morpholine rings is 1. The Labute approximate surface area is 161 Å². The summed E-state index contributed by atoms with van der Waals surface area (Å²) in [7, 11) is 0. The van der Waals surface area contributed by atoms with Crippen LogP contribution < -0.4 is 10.6 Å². The first kappa shape index (κ1) is 19.6. The number of hydrogen-bond acceptors (Lipinski definition) is 4. The summed E-state index contributed by atoms with van der Waals surface area (Å²) in [5.74, 6) is 0.0588. The normalized spacial score (nSPS) is 24.4. The van der Waals surface area contributed by atoms with Gasteiger partial charge in [0.2, 0.25) is 5.91 Å². The molecule has 7 heteroatoms. The number of piperidine rings is 1. The maximum Gasteiger partial charge on any atom is 0.321 e. The quantitative estimate of drug-likeness (QED) is 0.844. The third-order valence-corrected chi connectivity index (χ3v) is 5.03. The van der Waals surface area contributed by atoms with Gasteiger partial charge in [0, 0.05) is 37.9 Å². The minimum Gasteiger partial charge on any atom is -0.373 e. The van der Waals surface area contributed by atoms with Crippen molar-refractivity contribution in [3.63, 3.8) is 0 Å². The lowest BCUT2D eigenvalue weighted by Gasteiger charge is -2.36. The molecule has 27 heavy (non-hydrogen) atoms. The fraction of sp³-hybridized carbons (Fsp3) is 0.600. The van der Waals surface area contributed by atoms with E-state index in [0.29, 0.717) is 19.6 Å². The van der Waals surface area contributed by atoms with Gasteiger partial charge in [-0.1, -0.05) is 18.2 Å². The van der Waals surface area contributed by atoms with Crippen LogP contribution in [0.25, 0.3) is 0 Å². The summed E-state index contributed by atoms with van der Waals surface area (Å²) in [6, 6.07) is 9.51. The Balaban J connectivity index is 1.38. The average molecular weight is 374 g/mol. The Bertz CT molecular complexity index is 621. The Hall–Kier alpha value is -2.12. The molecule has 1 aromatic carbocycles. The number of urea groups is 1. The first-order valence-corrected chi connectivity index (χ1v) is 9.78. The summed E-state index contributed by atoms with van der Waals surface area (Å²) >= 11 is 0. The standard InChI is InChI=1S/C20H30N4O3/c1-15-12-23(13-16(2)27-15)14-19(25)21-18-8-10-24(11-9-18)20(26)22-17-6-4-3-5-7-17/h3-7,15-16,18H,8-14H2,1-2H3,(H,21,25)(H,22,26)/t15-,16+. The topological polar surface area (TPSA) is 73.9 Å². The lowest BCUT2D eigenvalue weighted by Crippen LogP contribution is -2.52. The van der Waals surface area contributed by atoms with Gasteiger partial charge in [-0.25, -0.2) is 4.79 Å². The number of para-hydroxylation sites is 1. The van der Waals surface area contributed by atoms with Gasteiger partial charge in [0.1, 0.15) is 0 Å².